The van der Waals surface area contributed by atoms with Crippen molar-refractivity contribution in [3.63, 3.8) is 0 Å². The molecule has 0 N–H and O–H groups in total. The first-order valence-corrected chi connectivity index (χ1v) is 7.27. The summed E-state index contributed by atoms with van der Waals surface area (Å²) in [4.78, 5) is 6.85. The van der Waals surface area contributed by atoms with Gasteiger partial charge in [-0.2, -0.15) is 0 Å². The molecule has 1 aliphatic rings. The molecule has 0 saturated carbocycles. The van der Waals surface area contributed by atoms with Crippen molar-refractivity contribution < 1.29 is 9.26 Å². The first-order valence-electron chi connectivity index (χ1n) is 6.39. The zero-order valence-corrected chi connectivity index (χ0v) is 11.9. The third-order valence-electron chi connectivity index (χ3n) is 3.13. The van der Waals surface area contributed by atoms with Gasteiger partial charge >= 0.3 is 0 Å². The highest BCUT2D eigenvalue weighted by molar-refractivity contribution is 7.09. The van der Waals surface area contributed by atoms with Gasteiger partial charge in [-0.3, -0.25) is 4.90 Å². The monoisotopic (exact) mass is 279 g/mol. The normalized spacial score (nSPS) is 20.8. The van der Waals surface area contributed by atoms with E-state index in [2.05, 4.69) is 20.4 Å². The molecule has 1 fully saturated rings. The number of aromatic nitrogens is 2. The summed E-state index contributed by atoms with van der Waals surface area (Å²) in [6.45, 7) is 7.25. The first-order chi connectivity index (χ1) is 9.20. The summed E-state index contributed by atoms with van der Waals surface area (Å²) in [6.07, 6.45) is 0.0837. The van der Waals surface area contributed by atoms with E-state index in [-0.39, 0.29) is 6.10 Å². The van der Waals surface area contributed by atoms with Gasteiger partial charge in [-0.25, -0.2) is 4.98 Å². The topological polar surface area (TPSA) is 51.4 Å². The molecule has 0 radical (unpaired) electrons. The Balaban J connectivity index is 1.64. The molecule has 3 heterocycles. The standard InChI is InChI=1S/C13H17N3O2S/c1-9-8-19-13(14-9)12-7-16(3-4-17-12)6-11-5-10(2)18-15-11/h5,8,12H,3-4,6-7H2,1-2H3/t12-/m0/s1. The number of ether oxygens (including phenoxy) is 1. The summed E-state index contributed by atoms with van der Waals surface area (Å²) in [5.74, 6) is 0.857. The number of hydrogen-bond donors (Lipinski definition) is 0. The predicted octanol–water partition coefficient (Wildman–Crippen LogP) is 2.32. The van der Waals surface area contributed by atoms with Crippen LogP contribution in [0.3, 0.4) is 0 Å². The van der Waals surface area contributed by atoms with Crippen LogP contribution >= 0.6 is 11.3 Å². The third kappa shape index (κ3) is 3.02. The molecule has 1 saturated heterocycles. The summed E-state index contributed by atoms with van der Waals surface area (Å²) in [5, 5.41) is 7.18. The Labute approximate surface area is 116 Å². The molecule has 19 heavy (non-hydrogen) atoms. The Morgan fingerprint density at radius 1 is 1.47 bits per heavy atom. The highest BCUT2D eigenvalue weighted by atomic mass is 32.1. The van der Waals surface area contributed by atoms with Gasteiger partial charge in [-0.05, 0) is 13.8 Å². The predicted molar refractivity (Wildman–Crippen MR) is 72.1 cm³/mol. The van der Waals surface area contributed by atoms with Crippen molar-refractivity contribution in [2.75, 3.05) is 19.7 Å². The maximum atomic E-state index is 5.81. The summed E-state index contributed by atoms with van der Waals surface area (Å²) in [5.41, 5.74) is 2.04. The fourth-order valence-corrected chi connectivity index (χ4v) is 3.07. The smallest absolute Gasteiger partial charge is 0.133 e. The highest BCUT2D eigenvalue weighted by Crippen LogP contribution is 2.25. The van der Waals surface area contributed by atoms with E-state index in [0.29, 0.717) is 0 Å². The maximum Gasteiger partial charge on any atom is 0.133 e. The SMILES string of the molecule is Cc1csc([C@@H]2CN(Cc3cc(C)on3)CCO2)n1. The van der Waals surface area contributed by atoms with Crippen LogP contribution in [0.15, 0.2) is 16.0 Å². The highest BCUT2D eigenvalue weighted by Gasteiger charge is 2.24. The van der Waals surface area contributed by atoms with Crippen LogP contribution in [-0.4, -0.2) is 34.7 Å². The van der Waals surface area contributed by atoms with Gasteiger partial charge in [0.15, 0.2) is 0 Å². The molecule has 1 aliphatic heterocycles. The molecule has 1 atom stereocenters. The molecule has 6 heteroatoms. The lowest BCUT2D eigenvalue weighted by Gasteiger charge is -2.31. The van der Waals surface area contributed by atoms with Crippen molar-refractivity contribution in [3.05, 3.63) is 33.6 Å². The van der Waals surface area contributed by atoms with Crippen LogP contribution in [0.1, 0.15) is 28.3 Å². The number of rotatable bonds is 3. The summed E-state index contributed by atoms with van der Waals surface area (Å²) >= 11 is 1.67. The van der Waals surface area contributed by atoms with Crippen molar-refractivity contribution in [2.45, 2.75) is 26.5 Å². The van der Waals surface area contributed by atoms with E-state index >= 15 is 0 Å². The summed E-state index contributed by atoms with van der Waals surface area (Å²) in [6, 6.07) is 1.98. The van der Waals surface area contributed by atoms with Gasteiger partial charge in [0.25, 0.3) is 0 Å². The molecule has 0 spiro atoms. The maximum absolute atomic E-state index is 5.81. The van der Waals surface area contributed by atoms with E-state index in [0.717, 1.165) is 48.4 Å². The van der Waals surface area contributed by atoms with Crippen LogP contribution in [0.25, 0.3) is 0 Å². The number of nitrogens with zero attached hydrogens (tertiary/aromatic N) is 3. The van der Waals surface area contributed by atoms with E-state index in [1.807, 2.05) is 19.9 Å². The van der Waals surface area contributed by atoms with E-state index in [1.54, 1.807) is 11.3 Å². The van der Waals surface area contributed by atoms with E-state index in [4.69, 9.17) is 9.26 Å². The molecule has 3 rings (SSSR count). The van der Waals surface area contributed by atoms with Gasteiger partial charge in [-0.15, -0.1) is 11.3 Å². The van der Waals surface area contributed by atoms with Gasteiger partial charge in [0, 0.05) is 36.8 Å². The largest absolute Gasteiger partial charge is 0.368 e. The minimum Gasteiger partial charge on any atom is -0.368 e. The van der Waals surface area contributed by atoms with E-state index in [9.17, 15) is 0 Å². The summed E-state index contributed by atoms with van der Waals surface area (Å²) in [7, 11) is 0. The van der Waals surface area contributed by atoms with Gasteiger partial charge in [0.1, 0.15) is 16.9 Å². The average molecular weight is 279 g/mol. The lowest BCUT2D eigenvalue weighted by molar-refractivity contribution is -0.0336. The van der Waals surface area contributed by atoms with Gasteiger partial charge < -0.3 is 9.26 Å². The Morgan fingerprint density at radius 2 is 2.37 bits per heavy atom. The Morgan fingerprint density at radius 3 is 3.05 bits per heavy atom. The van der Waals surface area contributed by atoms with Crippen molar-refractivity contribution >= 4 is 11.3 Å². The van der Waals surface area contributed by atoms with Crippen LogP contribution in [0.2, 0.25) is 0 Å². The lowest BCUT2D eigenvalue weighted by Crippen LogP contribution is -2.37. The molecule has 0 aliphatic carbocycles. The molecule has 0 amide bonds. The van der Waals surface area contributed by atoms with E-state index in [1.165, 1.54) is 0 Å². The average Bonchev–Trinajstić information content (AvgIpc) is 2.99. The zero-order valence-electron chi connectivity index (χ0n) is 11.1. The van der Waals surface area contributed by atoms with Crippen LogP contribution < -0.4 is 0 Å². The molecule has 2 aromatic rings. The molecule has 0 unspecified atom stereocenters. The Hall–Kier alpha value is -1.24. The van der Waals surface area contributed by atoms with Crippen molar-refractivity contribution in [3.8, 4) is 0 Å². The second-order valence-corrected chi connectivity index (χ2v) is 5.74. The molecular weight excluding hydrogens is 262 g/mol. The molecule has 0 bridgehead atoms. The third-order valence-corrected chi connectivity index (χ3v) is 4.18. The number of aryl methyl sites for hydroxylation is 2. The number of thiazole rings is 1. The fourth-order valence-electron chi connectivity index (χ4n) is 2.24. The molecule has 0 aromatic carbocycles. The minimum absolute atomic E-state index is 0.0837. The van der Waals surface area contributed by atoms with Crippen molar-refractivity contribution in [1.29, 1.82) is 0 Å². The lowest BCUT2D eigenvalue weighted by atomic mass is 10.2. The Bertz CT molecular complexity index is 552. The van der Waals surface area contributed by atoms with Crippen LogP contribution in [0.4, 0.5) is 0 Å². The van der Waals surface area contributed by atoms with Gasteiger partial charge in [0.2, 0.25) is 0 Å². The first kappa shape index (κ1) is 12.8. The van der Waals surface area contributed by atoms with E-state index < -0.39 is 0 Å². The quantitative estimate of drug-likeness (QED) is 0.863. The van der Waals surface area contributed by atoms with Crippen LogP contribution in [0.5, 0.6) is 0 Å². The van der Waals surface area contributed by atoms with Gasteiger partial charge in [-0.1, -0.05) is 5.16 Å². The molecule has 2 aromatic heterocycles. The molecular formula is C13H17N3O2S. The minimum atomic E-state index is 0.0837. The molecule has 5 nitrogen and oxygen atoms in total. The fraction of sp³-hybridized carbons (Fsp3) is 0.538. The Kier molecular flexibility index (Phi) is 3.63. The van der Waals surface area contributed by atoms with Gasteiger partial charge in [0.05, 0.1) is 12.3 Å². The van der Waals surface area contributed by atoms with Crippen molar-refractivity contribution in [1.82, 2.24) is 15.0 Å². The number of morpholine rings is 1. The molecule has 102 valence electrons. The second kappa shape index (κ2) is 5.40. The number of hydrogen-bond acceptors (Lipinski definition) is 6. The second-order valence-electron chi connectivity index (χ2n) is 4.85. The van der Waals surface area contributed by atoms with Crippen LogP contribution in [-0.2, 0) is 11.3 Å². The zero-order chi connectivity index (χ0) is 13.2. The van der Waals surface area contributed by atoms with Crippen LogP contribution in [0, 0.1) is 13.8 Å². The van der Waals surface area contributed by atoms with Crippen molar-refractivity contribution in [2.24, 2.45) is 0 Å². The summed E-state index contributed by atoms with van der Waals surface area (Å²) < 4.78 is 10.9.